The fourth-order valence-electron chi connectivity index (χ4n) is 1.63. The second-order valence-electron chi connectivity index (χ2n) is 4.06. The molecule has 2 nitrogen and oxygen atoms in total. The maximum Gasteiger partial charge on any atom is 0.188 e. The van der Waals surface area contributed by atoms with Crippen molar-refractivity contribution in [2.75, 3.05) is 6.61 Å². The third-order valence-corrected chi connectivity index (χ3v) is 3.52. The Kier molecular flexibility index (Phi) is 5.31. The zero-order chi connectivity index (χ0) is 13.7. The summed E-state index contributed by atoms with van der Waals surface area (Å²) in [7, 11) is 0. The highest BCUT2D eigenvalue weighted by Crippen LogP contribution is 2.14. The average molecular weight is 384 g/mol. The van der Waals surface area contributed by atoms with E-state index in [1.807, 2.05) is 36.4 Å². The molecule has 0 bridgehead atoms. The van der Waals surface area contributed by atoms with E-state index >= 15 is 0 Å². The van der Waals surface area contributed by atoms with Gasteiger partial charge in [-0.25, -0.2) is 0 Å². The molecule has 0 saturated carbocycles. The molecule has 0 aliphatic carbocycles. The summed E-state index contributed by atoms with van der Waals surface area (Å²) in [4.78, 5) is 11.9. The van der Waals surface area contributed by atoms with Gasteiger partial charge in [0.1, 0.15) is 6.61 Å². The van der Waals surface area contributed by atoms with Gasteiger partial charge in [-0.05, 0) is 29.8 Å². The lowest BCUT2D eigenvalue weighted by Gasteiger charge is -2.05. The minimum absolute atomic E-state index is 0.0173. The number of hydrogen-bond donors (Lipinski definition) is 0. The summed E-state index contributed by atoms with van der Waals surface area (Å²) in [5, 5.41) is 0. The molecule has 0 radical (unpaired) electrons. The maximum atomic E-state index is 11.9. The van der Waals surface area contributed by atoms with Gasteiger partial charge in [-0.15, -0.1) is 0 Å². The van der Waals surface area contributed by atoms with Gasteiger partial charge in [-0.2, -0.15) is 0 Å². The van der Waals surface area contributed by atoms with E-state index < -0.39 is 0 Å². The van der Waals surface area contributed by atoms with Crippen LogP contribution in [0.2, 0.25) is 0 Å². The van der Waals surface area contributed by atoms with E-state index in [4.69, 9.17) is 4.74 Å². The second kappa shape index (κ2) is 6.98. The van der Waals surface area contributed by atoms with Crippen molar-refractivity contribution < 1.29 is 9.53 Å². The van der Waals surface area contributed by atoms with Crippen molar-refractivity contribution in [2.45, 2.75) is 6.61 Å². The second-order valence-corrected chi connectivity index (χ2v) is 5.89. The normalized spacial score (nSPS) is 10.4. The number of carbonyl (C=O) groups is 1. The fourth-order valence-corrected chi connectivity index (χ4v) is 2.48. The molecule has 98 valence electrons. The Morgan fingerprint density at radius 1 is 1.00 bits per heavy atom. The molecule has 0 amide bonds. The van der Waals surface area contributed by atoms with Gasteiger partial charge in [0.05, 0.1) is 6.61 Å². The van der Waals surface area contributed by atoms with Crippen LogP contribution in [0, 0.1) is 0 Å². The zero-order valence-electron chi connectivity index (χ0n) is 10.1. The molecule has 0 aliphatic rings. The smallest absolute Gasteiger partial charge is 0.188 e. The molecule has 19 heavy (non-hydrogen) atoms. The highest BCUT2D eigenvalue weighted by Gasteiger charge is 2.06. The first-order chi connectivity index (χ1) is 9.15. The van der Waals surface area contributed by atoms with Crippen molar-refractivity contribution >= 4 is 37.6 Å². The predicted octanol–water partition coefficient (Wildman–Crippen LogP) is 4.61. The molecule has 0 aliphatic heterocycles. The molecular weight excluding hydrogens is 372 g/mol. The largest absolute Gasteiger partial charge is 0.369 e. The van der Waals surface area contributed by atoms with Gasteiger partial charge in [-0.1, -0.05) is 56.1 Å². The van der Waals surface area contributed by atoms with Gasteiger partial charge >= 0.3 is 0 Å². The van der Waals surface area contributed by atoms with Gasteiger partial charge in [0.2, 0.25) is 0 Å². The maximum absolute atomic E-state index is 11.9. The first kappa shape index (κ1) is 14.4. The van der Waals surface area contributed by atoms with Crippen LogP contribution in [0.15, 0.2) is 57.5 Å². The number of rotatable bonds is 5. The van der Waals surface area contributed by atoms with Crippen molar-refractivity contribution in [2.24, 2.45) is 0 Å². The van der Waals surface area contributed by atoms with Gasteiger partial charge in [0.25, 0.3) is 0 Å². The molecule has 2 aromatic carbocycles. The van der Waals surface area contributed by atoms with Crippen LogP contribution >= 0.6 is 31.9 Å². The summed E-state index contributed by atoms with van der Waals surface area (Å²) in [6.07, 6.45) is 0. The van der Waals surface area contributed by atoms with Crippen LogP contribution in [0.5, 0.6) is 0 Å². The van der Waals surface area contributed by atoms with Gasteiger partial charge in [0, 0.05) is 14.5 Å². The SMILES string of the molecule is O=C(COCc1cccc(Br)c1)c1cccc(Br)c1. The first-order valence-electron chi connectivity index (χ1n) is 5.76. The van der Waals surface area contributed by atoms with Crippen molar-refractivity contribution in [1.82, 2.24) is 0 Å². The molecule has 2 aromatic rings. The third kappa shape index (κ3) is 4.56. The number of benzene rings is 2. The standard InChI is InChI=1S/C15H12Br2O2/c16-13-5-1-3-11(7-13)9-19-10-15(18)12-4-2-6-14(17)8-12/h1-8H,9-10H2. The average Bonchev–Trinajstić information content (AvgIpc) is 2.38. The van der Waals surface area contributed by atoms with E-state index in [0.29, 0.717) is 12.2 Å². The van der Waals surface area contributed by atoms with Gasteiger partial charge < -0.3 is 4.74 Å². The van der Waals surface area contributed by atoms with Crippen LogP contribution in [0.3, 0.4) is 0 Å². The van der Waals surface area contributed by atoms with Gasteiger partial charge in [0.15, 0.2) is 5.78 Å². The zero-order valence-corrected chi connectivity index (χ0v) is 13.3. The summed E-state index contributed by atoms with van der Waals surface area (Å²) in [5.41, 5.74) is 1.69. The van der Waals surface area contributed by atoms with E-state index in [0.717, 1.165) is 14.5 Å². The summed E-state index contributed by atoms with van der Waals surface area (Å²) < 4.78 is 7.35. The quantitative estimate of drug-likeness (QED) is 0.704. The topological polar surface area (TPSA) is 26.3 Å². The lowest BCUT2D eigenvalue weighted by molar-refractivity contribution is 0.0726. The lowest BCUT2D eigenvalue weighted by Crippen LogP contribution is -2.09. The number of carbonyl (C=O) groups excluding carboxylic acids is 1. The van der Waals surface area contributed by atoms with Gasteiger partial charge in [-0.3, -0.25) is 4.79 Å². The number of hydrogen-bond acceptors (Lipinski definition) is 2. The van der Waals surface area contributed by atoms with Crippen molar-refractivity contribution in [3.8, 4) is 0 Å². The highest BCUT2D eigenvalue weighted by atomic mass is 79.9. The highest BCUT2D eigenvalue weighted by molar-refractivity contribution is 9.10. The Hall–Kier alpha value is -0.970. The van der Waals surface area contributed by atoms with Crippen molar-refractivity contribution in [1.29, 1.82) is 0 Å². The minimum Gasteiger partial charge on any atom is -0.369 e. The Labute approximate surface area is 129 Å². The Morgan fingerprint density at radius 2 is 1.68 bits per heavy atom. The Morgan fingerprint density at radius 3 is 2.37 bits per heavy atom. The van der Waals surface area contributed by atoms with E-state index in [1.54, 1.807) is 12.1 Å². The van der Waals surface area contributed by atoms with Crippen LogP contribution in [0.1, 0.15) is 15.9 Å². The van der Waals surface area contributed by atoms with Crippen LogP contribution < -0.4 is 0 Å². The van der Waals surface area contributed by atoms with E-state index in [1.165, 1.54) is 0 Å². The van der Waals surface area contributed by atoms with Crippen LogP contribution in [0.4, 0.5) is 0 Å². The molecular formula is C15H12Br2O2. The Balaban J connectivity index is 1.87. The van der Waals surface area contributed by atoms with Crippen molar-refractivity contribution in [3.63, 3.8) is 0 Å². The molecule has 4 heteroatoms. The van der Waals surface area contributed by atoms with Crippen LogP contribution in [0.25, 0.3) is 0 Å². The summed E-state index contributed by atoms with van der Waals surface area (Å²) in [6.45, 7) is 0.516. The Bertz CT molecular complexity index is 582. The number of ether oxygens (including phenoxy) is 1. The molecule has 0 saturated heterocycles. The summed E-state index contributed by atoms with van der Waals surface area (Å²) >= 11 is 6.74. The van der Waals surface area contributed by atoms with Crippen LogP contribution in [-0.4, -0.2) is 12.4 Å². The molecule has 2 rings (SSSR count). The molecule has 0 aromatic heterocycles. The van der Waals surface area contributed by atoms with E-state index in [2.05, 4.69) is 31.9 Å². The monoisotopic (exact) mass is 382 g/mol. The van der Waals surface area contributed by atoms with Crippen molar-refractivity contribution in [3.05, 3.63) is 68.6 Å². The molecule has 0 fully saturated rings. The van der Waals surface area contributed by atoms with Crippen LogP contribution in [-0.2, 0) is 11.3 Å². The van der Waals surface area contributed by atoms with E-state index in [-0.39, 0.29) is 12.4 Å². The first-order valence-corrected chi connectivity index (χ1v) is 7.35. The molecule has 0 spiro atoms. The number of ketones is 1. The summed E-state index contributed by atoms with van der Waals surface area (Å²) in [6, 6.07) is 15.2. The molecule has 0 atom stereocenters. The molecule has 0 heterocycles. The predicted molar refractivity (Wildman–Crippen MR) is 82.3 cm³/mol. The summed E-state index contributed by atoms with van der Waals surface area (Å²) in [5.74, 6) is -0.0173. The van der Waals surface area contributed by atoms with E-state index in [9.17, 15) is 4.79 Å². The fraction of sp³-hybridized carbons (Fsp3) is 0.133. The number of Topliss-reactive ketones (excluding diaryl/α,β-unsaturated/α-hetero) is 1. The number of halogens is 2. The molecule has 0 N–H and O–H groups in total. The third-order valence-electron chi connectivity index (χ3n) is 2.54. The molecule has 0 unspecified atom stereocenters. The lowest BCUT2D eigenvalue weighted by atomic mass is 10.1. The minimum atomic E-state index is -0.0173.